The van der Waals surface area contributed by atoms with Gasteiger partial charge in [-0.1, -0.05) is 18.2 Å². The van der Waals surface area contributed by atoms with Gasteiger partial charge in [0, 0.05) is 18.2 Å². The van der Waals surface area contributed by atoms with Crippen molar-refractivity contribution in [2.75, 3.05) is 34.9 Å². The van der Waals surface area contributed by atoms with E-state index in [4.69, 9.17) is 14.2 Å². The van der Waals surface area contributed by atoms with Crippen molar-refractivity contribution in [3.63, 3.8) is 0 Å². The molecular formula is C23H28N4O6. The number of imide groups is 1. The number of likely N-dealkylation sites (N-methyl/N-ethyl adjacent to an activating group) is 1. The summed E-state index contributed by atoms with van der Waals surface area (Å²) in [6.45, 7) is 1.94. The van der Waals surface area contributed by atoms with E-state index in [1.165, 1.54) is 7.11 Å². The van der Waals surface area contributed by atoms with Crippen molar-refractivity contribution in [2.45, 2.75) is 19.0 Å². The molecule has 1 aliphatic heterocycles. The van der Waals surface area contributed by atoms with Gasteiger partial charge < -0.3 is 19.5 Å². The summed E-state index contributed by atoms with van der Waals surface area (Å²) in [7, 11) is 6.41. The Balaban J connectivity index is 1.64. The van der Waals surface area contributed by atoms with Crippen molar-refractivity contribution in [2.24, 2.45) is 0 Å². The minimum atomic E-state index is -1.31. The predicted molar refractivity (Wildman–Crippen MR) is 120 cm³/mol. The Hall–Kier alpha value is -3.79. The van der Waals surface area contributed by atoms with E-state index in [2.05, 4.69) is 10.7 Å². The highest BCUT2D eigenvalue weighted by atomic mass is 16.5. The van der Waals surface area contributed by atoms with Gasteiger partial charge in [-0.25, -0.2) is 4.79 Å². The molecule has 2 N–H and O–H groups in total. The molecule has 1 heterocycles. The van der Waals surface area contributed by atoms with Crippen LogP contribution in [0, 0.1) is 0 Å². The van der Waals surface area contributed by atoms with Crippen LogP contribution >= 0.6 is 0 Å². The molecule has 176 valence electrons. The van der Waals surface area contributed by atoms with Gasteiger partial charge in [0.25, 0.3) is 11.8 Å². The molecule has 33 heavy (non-hydrogen) atoms. The average Bonchev–Trinajstić information content (AvgIpc) is 3.03. The number of hydrogen-bond acceptors (Lipinski definition) is 7. The summed E-state index contributed by atoms with van der Waals surface area (Å²) >= 11 is 0. The van der Waals surface area contributed by atoms with Crippen molar-refractivity contribution in [1.82, 2.24) is 20.7 Å². The monoisotopic (exact) mass is 456 g/mol. The van der Waals surface area contributed by atoms with Crippen LogP contribution in [-0.2, 0) is 21.7 Å². The number of ether oxygens (including phenoxy) is 3. The zero-order valence-electron chi connectivity index (χ0n) is 19.3. The zero-order valence-corrected chi connectivity index (χ0v) is 19.3. The quantitative estimate of drug-likeness (QED) is 0.552. The van der Waals surface area contributed by atoms with Crippen molar-refractivity contribution in [1.29, 1.82) is 0 Å². The number of carbonyl (C=O) groups excluding carboxylic acids is 3. The molecule has 0 bridgehead atoms. The summed E-state index contributed by atoms with van der Waals surface area (Å²) in [5.74, 6) is 0.833. The van der Waals surface area contributed by atoms with Crippen LogP contribution in [0.1, 0.15) is 18.1 Å². The molecule has 1 fully saturated rings. The van der Waals surface area contributed by atoms with Gasteiger partial charge in [-0.2, -0.15) is 5.01 Å². The molecule has 0 radical (unpaired) electrons. The summed E-state index contributed by atoms with van der Waals surface area (Å²) in [5.41, 5.74) is 2.53. The van der Waals surface area contributed by atoms with Crippen molar-refractivity contribution in [3.8, 4) is 17.2 Å². The molecule has 4 amide bonds. The Morgan fingerprint density at radius 3 is 2.27 bits per heavy atom. The largest absolute Gasteiger partial charge is 0.497 e. The fourth-order valence-corrected chi connectivity index (χ4v) is 3.60. The molecule has 10 nitrogen and oxygen atoms in total. The van der Waals surface area contributed by atoms with Crippen molar-refractivity contribution < 1.29 is 28.6 Å². The topological polar surface area (TPSA) is 109 Å². The summed E-state index contributed by atoms with van der Waals surface area (Å²) in [4.78, 5) is 39.8. The molecule has 1 aliphatic rings. The molecule has 0 aromatic heterocycles. The third-order valence-corrected chi connectivity index (χ3v) is 5.44. The van der Waals surface area contributed by atoms with Gasteiger partial charge in [0.1, 0.15) is 22.8 Å². The Bertz CT molecular complexity index is 1040. The van der Waals surface area contributed by atoms with Crippen LogP contribution in [0.25, 0.3) is 0 Å². The highest BCUT2D eigenvalue weighted by molar-refractivity contribution is 6.08. The predicted octanol–water partition coefficient (Wildman–Crippen LogP) is 1.64. The first-order valence-electron chi connectivity index (χ1n) is 10.2. The smallest absolute Gasteiger partial charge is 0.344 e. The lowest BCUT2D eigenvalue weighted by atomic mass is 9.92. The molecule has 0 unspecified atom stereocenters. The summed E-state index contributed by atoms with van der Waals surface area (Å²) in [5, 5.41) is 3.36. The van der Waals surface area contributed by atoms with E-state index >= 15 is 0 Å². The second-order valence-electron chi connectivity index (χ2n) is 7.81. The number of nitrogens with zero attached hydrogens (tertiary/aromatic N) is 2. The first kappa shape index (κ1) is 23.9. The van der Waals surface area contributed by atoms with E-state index in [9.17, 15) is 14.4 Å². The van der Waals surface area contributed by atoms with Gasteiger partial charge in [-0.05, 0) is 37.7 Å². The Kier molecular flexibility index (Phi) is 7.07. The number of hydrazine groups is 1. The molecule has 0 spiro atoms. The van der Waals surface area contributed by atoms with Crippen LogP contribution < -0.4 is 25.0 Å². The van der Waals surface area contributed by atoms with Gasteiger partial charge >= 0.3 is 6.03 Å². The molecular weight excluding hydrogens is 428 g/mol. The Morgan fingerprint density at radius 1 is 1.03 bits per heavy atom. The first-order valence-corrected chi connectivity index (χ1v) is 10.2. The third-order valence-electron chi connectivity index (χ3n) is 5.44. The fraction of sp³-hybridized carbons (Fsp3) is 0.348. The minimum Gasteiger partial charge on any atom is -0.497 e. The number of amides is 4. The van der Waals surface area contributed by atoms with Crippen LogP contribution in [0.3, 0.4) is 0 Å². The summed E-state index contributed by atoms with van der Waals surface area (Å²) in [6, 6.07) is 11.5. The number of nitrogens with one attached hydrogen (secondary N) is 2. The lowest BCUT2D eigenvalue weighted by Gasteiger charge is -2.23. The number of urea groups is 1. The number of hydrogen-bond donors (Lipinski definition) is 2. The lowest BCUT2D eigenvalue weighted by Crippen LogP contribution is -2.50. The van der Waals surface area contributed by atoms with Crippen LogP contribution in [0.15, 0.2) is 42.5 Å². The van der Waals surface area contributed by atoms with E-state index in [-0.39, 0.29) is 6.54 Å². The van der Waals surface area contributed by atoms with Crippen LogP contribution in [0.4, 0.5) is 4.79 Å². The van der Waals surface area contributed by atoms with E-state index < -0.39 is 23.4 Å². The third kappa shape index (κ3) is 5.01. The highest BCUT2D eigenvalue weighted by Crippen LogP contribution is 2.29. The molecule has 2 aromatic rings. The van der Waals surface area contributed by atoms with E-state index in [0.717, 1.165) is 5.56 Å². The molecule has 1 saturated heterocycles. The Morgan fingerprint density at radius 2 is 1.67 bits per heavy atom. The summed E-state index contributed by atoms with van der Waals surface area (Å²) < 4.78 is 15.7. The minimum absolute atomic E-state index is 0.0501. The number of carbonyl (C=O) groups is 3. The van der Waals surface area contributed by atoms with E-state index in [0.29, 0.717) is 34.4 Å². The molecule has 3 rings (SSSR count). The molecule has 0 saturated carbocycles. The lowest BCUT2D eigenvalue weighted by molar-refractivity contribution is -0.139. The molecule has 2 aromatic carbocycles. The van der Waals surface area contributed by atoms with Gasteiger partial charge in [-0.15, -0.1) is 0 Å². The Labute approximate surface area is 192 Å². The molecule has 10 heteroatoms. The standard InChI is InChI=1S/C23H28N4O6/c1-23(16-7-10-17(31-3)11-8-16)21(29)27(22(30)24-23)25-20(28)14-26(2)13-15-6-9-18(32-4)12-19(15)33-5/h6-12H,13-14H2,1-5H3,(H,24,30)(H,25,28)/t23-/m1/s1. The maximum atomic E-state index is 13.0. The van der Waals surface area contributed by atoms with Crippen LogP contribution in [-0.4, -0.2) is 62.7 Å². The zero-order chi connectivity index (χ0) is 24.2. The second-order valence-corrected chi connectivity index (χ2v) is 7.81. The fourth-order valence-electron chi connectivity index (χ4n) is 3.60. The number of methoxy groups -OCH3 is 3. The average molecular weight is 456 g/mol. The van der Waals surface area contributed by atoms with Crippen LogP contribution in [0.2, 0.25) is 0 Å². The second kappa shape index (κ2) is 9.78. The maximum absolute atomic E-state index is 13.0. The normalized spacial score (nSPS) is 17.7. The maximum Gasteiger partial charge on any atom is 0.344 e. The van der Waals surface area contributed by atoms with Gasteiger partial charge in [0.05, 0.1) is 27.9 Å². The van der Waals surface area contributed by atoms with Crippen molar-refractivity contribution >= 4 is 17.8 Å². The van der Waals surface area contributed by atoms with Crippen molar-refractivity contribution in [3.05, 3.63) is 53.6 Å². The SMILES string of the molecule is COc1ccc([C@@]2(C)NC(=O)N(NC(=O)CN(C)Cc3ccc(OC)cc3OC)C2=O)cc1. The van der Waals surface area contributed by atoms with Gasteiger partial charge in [0.2, 0.25) is 0 Å². The van der Waals surface area contributed by atoms with Crippen LogP contribution in [0.5, 0.6) is 17.2 Å². The first-order chi connectivity index (χ1) is 15.7. The van der Waals surface area contributed by atoms with E-state index in [1.54, 1.807) is 69.5 Å². The summed E-state index contributed by atoms with van der Waals surface area (Å²) in [6.07, 6.45) is 0. The van der Waals surface area contributed by atoms with E-state index in [1.807, 2.05) is 6.07 Å². The highest BCUT2D eigenvalue weighted by Gasteiger charge is 2.50. The molecule has 0 aliphatic carbocycles. The molecule has 1 atom stereocenters. The van der Waals surface area contributed by atoms with Gasteiger partial charge in [-0.3, -0.25) is 19.9 Å². The number of rotatable bonds is 9. The van der Waals surface area contributed by atoms with Gasteiger partial charge in [0.15, 0.2) is 0 Å². The number of benzene rings is 2.